The van der Waals surface area contributed by atoms with Crippen molar-refractivity contribution in [2.75, 3.05) is 6.54 Å². The highest BCUT2D eigenvalue weighted by Gasteiger charge is 2.29. The van der Waals surface area contributed by atoms with Crippen molar-refractivity contribution in [2.24, 2.45) is 22.4 Å². The molecule has 172 valence electrons. The molecule has 0 spiro atoms. The molecule has 0 radical (unpaired) electrons. The van der Waals surface area contributed by atoms with E-state index in [-0.39, 0.29) is 24.2 Å². The van der Waals surface area contributed by atoms with Crippen molar-refractivity contribution >= 4 is 29.2 Å². The zero-order chi connectivity index (χ0) is 22.9. The van der Waals surface area contributed by atoms with Crippen LogP contribution in [0.15, 0.2) is 47.5 Å². The maximum absolute atomic E-state index is 12.8. The monoisotopic (exact) mass is 456 g/mol. The van der Waals surface area contributed by atoms with E-state index in [0.717, 1.165) is 4.88 Å². The van der Waals surface area contributed by atoms with Gasteiger partial charge < -0.3 is 21.9 Å². The Morgan fingerprint density at radius 3 is 2.47 bits per heavy atom. The van der Waals surface area contributed by atoms with Crippen LogP contribution < -0.4 is 16.8 Å². The number of carbonyl (C=O) groups excluding carboxylic acids is 1. The highest BCUT2D eigenvalue weighted by Crippen LogP contribution is 2.42. The molecule has 0 bridgehead atoms. The molecule has 32 heavy (non-hydrogen) atoms. The molecule has 1 fully saturated rings. The Morgan fingerprint density at radius 1 is 1.09 bits per heavy atom. The Hall–Kier alpha value is -2.87. The lowest BCUT2D eigenvalue weighted by atomic mass is 9.76. The lowest BCUT2D eigenvalue weighted by molar-refractivity contribution is -0.139. The first-order valence-electron chi connectivity index (χ1n) is 11.2. The summed E-state index contributed by atoms with van der Waals surface area (Å²) in [4.78, 5) is 30.0. The van der Waals surface area contributed by atoms with Crippen molar-refractivity contribution in [3.05, 3.63) is 57.8 Å². The Morgan fingerprint density at radius 2 is 1.81 bits per heavy atom. The number of carboxylic acid groups (broad SMARTS) is 1. The smallest absolute Gasteiger partial charge is 0.326 e. The summed E-state index contributed by atoms with van der Waals surface area (Å²) in [6.45, 7) is 0.325. The Balaban J connectivity index is 1.72. The molecule has 1 aliphatic carbocycles. The minimum Gasteiger partial charge on any atom is -0.480 e. The summed E-state index contributed by atoms with van der Waals surface area (Å²) in [6, 6.07) is 13.3. The van der Waals surface area contributed by atoms with Crippen LogP contribution >= 0.6 is 11.3 Å². The average molecular weight is 457 g/mol. The maximum atomic E-state index is 12.8. The number of carboxylic acids is 1. The third-order valence-corrected chi connectivity index (χ3v) is 7.15. The summed E-state index contributed by atoms with van der Waals surface area (Å²) in [5.74, 6) is -0.631. The van der Waals surface area contributed by atoms with Crippen molar-refractivity contribution in [1.82, 2.24) is 5.32 Å². The van der Waals surface area contributed by atoms with E-state index in [1.54, 1.807) is 0 Å². The number of thiophene rings is 1. The summed E-state index contributed by atoms with van der Waals surface area (Å²) >= 11 is 1.46. The molecule has 2 atom stereocenters. The van der Waals surface area contributed by atoms with E-state index in [0.29, 0.717) is 23.8 Å². The standard InChI is InChI=1S/C24H32N4O3S/c25-24(26)27-15-7-12-18(23(30)31)28-22(29)20-14-13-19(32-20)21(16-8-3-1-4-9-16)17-10-5-2-6-11-17/h1,3-4,8-9,13-14,17-18,21H,2,5-7,10-12,15H2,(H,28,29)(H,30,31)(H4,25,26,27)/t18-,21?/m0/s1. The molecule has 1 aromatic carbocycles. The number of nitrogens with two attached hydrogens (primary N) is 2. The van der Waals surface area contributed by atoms with Gasteiger partial charge in [0.05, 0.1) is 4.88 Å². The van der Waals surface area contributed by atoms with Crippen LogP contribution in [-0.4, -0.2) is 35.5 Å². The normalized spacial score (nSPS) is 16.1. The molecule has 1 heterocycles. The van der Waals surface area contributed by atoms with Crippen LogP contribution in [0.4, 0.5) is 0 Å². The van der Waals surface area contributed by atoms with Crippen molar-refractivity contribution in [1.29, 1.82) is 0 Å². The molecule has 2 aromatic rings. The molecule has 0 saturated heterocycles. The predicted molar refractivity (Wildman–Crippen MR) is 128 cm³/mol. The quantitative estimate of drug-likeness (QED) is 0.246. The number of aliphatic carboxylic acids is 1. The number of rotatable bonds is 10. The zero-order valence-corrected chi connectivity index (χ0v) is 19.0. The minimum atomic E-state index is -1.07. The lowest BCUT2D eigenvalue weighted by Gasteiger charge is -2.30. The fourth-order valence-corrected chi connectivity index (χ4v) is 5.56. The van der Waals surface area contributed by atoms with E-state index < -0.39 is 12.0 Å². The van der Waals surface area contributed by atoms with Crippen LogP contribution in [0.25, 0.3) is 0 Å². The number of nitrogens with one attached hydrogen (secondary N) is 1. The second-order valence-electron chi connectivity index (χ2n) is 8.30. The van der Waals surface area contributed by atoms with E-state index in [1.807, 2.05) is 18.2 Å². The third-order valence-electron chi connectivity index (χ3n) is 5.99. The fourth-order valence-electron chi connectivity index (χ4n) is 4.43. The summed E-state index contributed by atoms with van der Waals surface area (Å²) in [5, 5.41) is 12.1. The van der Waals surface area contributed by atoms with Gasteiger partial charge in [0.25, 0.3) is 5.91 Å². The number of aliphatic imine (C=N–C) groups is 1. The number of guanidine groups is 1. The molecule has 0 aliphatic heterocycles. The largest absolute Gasteiger partial charge is 0.480 e. The summed E-state index contributed by atoms with van der Waals surface area (Å²) in [6.07, 6.45) is 6.87. The molecule has 7 nitrogen and oxygen atoms in total. The van der Waals surface area contributed by atoms with Crippen molar-refractivity contribution in [3.63, 3.8) is 0 Å². The molecular formula is C24H32N4O3S. The van der Waals surface area contributed by atoms with Gasteiger partial charge in [0.15, 0.2) is 5.96 Å². The predicted octanol–water partition coefficient (Wildman–Crippen LogP) is 3.70. The van der Waals surface area contributed by atoms with E-state index >= 15 is 0 Å². The topological polar surface area (TPSA) is 131 Å². The van der Waals surface area contributed by atoms with Gasteiger partial charge in [-0.3, -0.25) is 9.79 Å². The molecular weight excluding hydrogens is 424 g/mol. The van der Waals surface area contributed by atoms with Gasteiger partial charge in [0.2, 0.25) is 0 Å². The van der Waals surface area contributed by atoms with Crippen LogP contribution in [0.5, 0.6) is 0 Å². The van der Waals surface area contributed by atoms with Crippen LogP contribution in [0, 0.1) is 5.92 Å². The van der Waals surface area contributed by atoms with Gasteiger partial charge in [-0.15, -0.1) is 11.3 Å². The summed E-state index contributed by atoms with van der Waals surface area (Å²) in [5.41, 5.74) is 11.9. The van der Waals surface area contributed by atoms with Crippen molar-refractivity contribution in [2.45, 2.75) is 56.9 Å². The first-order valence-corrected chi connectivity index (χ1v) is 12.0. The van der Waals surface area contributed by atoms with E-state index in [4.69, 9.17) is 11.5 Å². The van der Waals surface area contributed by atoms with Crippen molar-refractivity contribution in [3.8, 4) is 0 Å². The van der Waals surface area contributed by atoms with Gasteiger partial charge >= 0.3 is 5.97 Å². The second-order valence-corrected chi connectivity index (χ2v) is 9.42. The highest BCUT2D eigenvalue weighted by atomic mass is 32.1. The number of amides is 1. The van der Waals surface area contributed by atoms with Crippen LogP contribution in [-0.2, 0) is 4.79 Å². The molecule has 1 aliphatic rings. The van der Waals surface area contributed by atoms with E-state index in [1.165, 1.54) is 49.0 Å². The molecule has 1 unspecified atom stereocenters. The van der Waals surface area contributed by atoms with Gasteiger partial charge in [0.1, 0.15) is 6.04 Å². The highest BCUT2D eigenvalue weighted by molar-refractivity contribution is 7.14. The Kier molecular flexibility index (Phi) is 8.67. The Bertz CT molecular complexity index is 918. The van der Waals surface area contributed by atoms with Crippen LogP contribution in [0.2, 0.25) is 0 Å². The van der Waals surface area contributed by atoms with E-state index in [2.05, 4.69) is 34.6 Å². The molecule has 1 amide bonds. The first kappa shape index (κ1) is 23.8. The Labute approximate surface area is 192 Å². The number of benzene rings is 1. The molecule has 1 aromatic heterocycles. The second kappa shape index (κ2) is 11.7. The van der Waals surface area contributed by atoms with Crippen LogP contribution in [0.1, 0.15) is 71.0 Å². The number of carbonyl (C=O) groups is 2. The SMILES string of the molecule is NC(N)=NCCC[C@H](NC(=O)c1ccc(C(c2ccccc2)C2CCCCC2)s1)C(=O)O. The van der Waals surface area contributed by atoms with E-state index in [9.17, 15) is 14.7 Å². The summed E-state index contributed by atoms with van der Waals surface area (Å²) < 4.78 is 0. The average Bonchev–Trinajstić information content (AvgIpc) is 3.27. The van der Waals surface area contributed by atoms with Gasteiger partial charge in [-0.25, -0.2) is 4.79 Å². The zero-order valence-electron chi connectivity index (χ0n) is 18.2. The van der Waals surface area contributed by atoms with Gasteiger partial charge in [0, 0.05) is 17.3 Å². The lowest BCUT2D eigenvalue weighted by Crippen LogP contribution is -2.40. The number of hydrogen-bond donors (Lipinski definition) is 4. The maximum Gasteiger partial charge on any atom is 0.326 e. The molecule has 8 heteroatoms. The number of hydrogen-bond acceptors (Lipinski definition) is 4. The van der Waals surface area contributed by atoms with Crippen LogP contribution in [0.3, 0.4) is 0 Å². The molecule has 3 rings (SSSR count). The van der Waals surface area contributed by atoms with Gasteiger partial charge in [-0.05, 0) is 49.3 Å². The van der Waals surface area contributed by atoms with Gasteiger partial charge in [-0.1, -0.05) is 49.6 Å². The molecule has 6 N–H and O–H groups in total. The fraction of sp³-hybridized carbons (Fsp3) is 0.458. The first-order chi connectivity index (χ1) is 15.5. The van der Waals surface area contributed by atoms with Gasteiger partial charge in [-0.2, -0.15) is 0 Å². The molecule has 1 saturated carbocycles. The minimum absolute atomic E-state index is 0.0297. The number of nitrogens with zero attached hydrogens (tertiary/aromatic N) is 1. The summed E-state index contributed by atoms with van der Waals surface area (Å²) in [7, 11) is 0. The third kappa shape index (κ3) is 6.56. The van der Waals surface area contributed by atoms with Crippen molar-refractivity contribution < 1.29 is 14.7 Å².